The van der Waals surface area contributed by atoms with Gasteiger partial charge in [-0.15, -0.1) is 0 Å². The fourth-order valence-corrected chi connectivity index (χ4v) is 3.75. The van der Waals surface area contributed by atoms with Crippen LogP contribution in [-0.4, -0.2) is 48.5 Å². The number of aromatic nitrogens is 2. The minimum absolute atomic E-state index is 0.613. The molecule has 4 rings (SSSR count). The second-order valence-corrected chi connectivity index (χ2v) is 7.14. The molecule has 3 aromatic rings. The zero-order chi connectivity index (χ0) is 20.9. The van der Waals surface area contributed by atoms with Gasteiger partial charge in [-0.2, -0.15) is 5.10 Å². The van der Waals surface area contributed by atoms with Crippen LogP contribution in [0, 0.1) is 0 Å². The van der Waals surface area contributed by atoms with Crippen molar-refractivity contribution in [1.29, 1.82) is 0 Å². The molecular formula is C23H27N5O2. The highest BCUT2D eigenvalue weighted by Crippen LogP contribution is 2.33. The first kappa shape index (κ1) is 19.8. The van der Waals surface area contributed by atoms with Gasteiger partial charge < -0.3 is 19.7 Å². The van der Waals surface area contributed by atoms with E-state index in [-0.39, 0.29) is 0 Å². The predicted octanol–water partition coefficient (Wildman–Crippen LogP) is 3.02. The molecule has 0 radical (unpaired) electrons. The maximum absolute atomic E-state index is 5.47. The highest BCUT2D eigenvalue weighted by atomic mass is 16.5. The summed E-state index contributed by atoms with van der Waals surface area (Å²) in [6.45, 7) is 2.27. The second-order valence-electron chi connectivity index (χ2n) is 7.14. The van der Waals surface area contributed by atoms with E-state index >= 15 is 0 Å². The number of nitrogens with one attached hydrogen (secondary N) is 1. The maximum atomic E-state index is 5.47. The van der Waals surface area contributed by atoms with Crippen LogP contribution in [0.25, 0.3) is 5.69 Å². The first-order chi connectivity index (χ1) is 14.7. The number of ether oxygens (including phenoxy) is 2. The van der Waals surface area contributed by atoms with Crippen LogP contribution < -0.4 is 14.8 Å². The van der Waals surface area contributed by atoms with Crippen molar-refractivity contribution in [2.75, 3.05) is 27.8 Å². The molecule has 1 aromatic heterocycles. The van der Waals surface area contributed by atoms with Gasteiger partial charge in [-0.3, -0.25) is 4.99 Å². The Bertz CT molecular complexity index is 1030. The molecule has 0 aliphatic carbocycles. The number of guanidine groups is 1. The van der Waals surface area contributed by atoms with Gasteiger partial charge in [0.05, 0.1) is 32.1 Å². The molecule has 30 heavy (non-hydrogen) atoms. The summed E-state index contributed by atoms with van der Waals surface area (Å²) < 4.78 is 12.8. The van der Waals surface area contributed by atoms with E-state index in [1.54, 1.807) is 14.2 Å². The summed E-state index contributed by atoms with van der Waals surface area (Å²) in [5, 5.41) is 8.11. The molecule has 2 aromatic carbocycles. The largest absolute Gasteiger partial charge is 0.493 e. The summed E-state index contributed by atoms with van der Waals surface area (Å²) >= 11 is 0. The fraction of sp³-hybridized carbons (Fsp3) is 0.304. The van der Waals surface area contributed by atoms with Crippen molar-refractivity contribution in [2.45, 2.75) is 19.5 Å². The van der Waals surface area contributed by atoms with E-state index in [0.29, 0.717) is 6.54 Å². The Morgan fingerprint density at radius 3 is 2.50 bits per heavy atom. The summed E-state index contributed by atoms with van der Waals surface area (Å²) in [5.74, 6) is 2.40. The summed E-state index contributed by atoms with van der Waals surface area (Å²) in [6, 6.07) is 16.3. The van der Waals surface area contributed by atoms with E-state index in [1.165, 1.54) is 11.1 Å². The van der Waals surface area contributed by atoms with E-state index in [1.807, 2.05) is 54.3 Å². The quantitative estimate of drug-likeness (QED) is 0.522. The minimum Gasteiger partial charge on any atom is -0.493 e. The zero-order valence-corrected chi connectivity index (χ0v) is 17.6. The van der Waals surface area contributed by atoms with Crippen LogP contribution in [0.5, 0.6) is 11.5 Å². The lowest BCUT2D eigenvalue weighted by atomic mass is 9.99. The second kappa shape index (κ2) is 8.90. The Kier molecular flexibility index (Phi) is 5.88. The van der Waals surface area contributed by atoms with Crippen molar-refractivity contribution >= 4 is 5.96 Å². The van der Waals surface area contributed by atoms with Gasteiger partial charge in [0.2, 0.25) is 0 Å². The van der Waals surface area contributed by atoms with Crippen LogP contribution in [0.2, 0.25) is 0 Å². The third-order valence-corrected chi connectivity index (χ3v) is 5.32. The maximum Gasteiger partial charge on any atom is 0.194 e. The molecule has 0 saturated heterocycles. The number of aliphatic imine (C=N–C) groups is 1. The van der Waals surface area contributed by atoms with Crippen molar-refractivity contribution in [1.82, 2.24) is 20.0 Å². The molecule has 7 nitrogen and oxygen atoms in total. The van der Waals surface area contributed by atoms with Gasteiger partial charge in [-0.05, 0) is 47.9 Å². The van der Waals surface area contributed by atoms with Crippen LogP contribution in [0.3, 0.4) is 0 Å². The SMILES string of the molecule is CN=C(NCc1ccn(-c2ccccc2)n1)N1CCc2cc(OC)c(OC)cc2C1. The lowest BCUT2D eigenvalue weighted by Crippen LogP contribution is -2.43. The molecule has 0 amide bonds. The monoisotopic (exact) mass is 405 g/mol. The third kappa shape index (κ3) is 4.10. The Balaban J connectivity index is 1.43. The number of methoxy groups -OCH3 is 2. The van der Waals surface area contributed by atoms with Gasteiger partial charge in [-0.1, -0.05) is 18.2 Å². The smallest absolute Gasteiger partial charge is 0.194 e. The molecule has 156 valence electrons. The van der Waals surface area contributed by atoms with E-state index in [4.69, 9.17) is 9.47 Å². The third-order valence-electron chi connectivity index (χ3n) is 5.32. The molecule has 1 N–H and O–H groups in total. The lowest BCUT2D eigenvalue weighted by molar-refractivity contribution is 0.346. The number of rotatable bonds is 5. The summed E-state index contributed by atoms with van der Waals surface area (Å²) in [5.41, 5.74) is 4.53. The van der Waals surface area contributed by atoms with Crippen LogP contribution in [0.4, 0.5) is 0 Å². The molecule has 7 heteroatoms. The number of benzene rings is 2. The topological polar surface area (TPSA) is 63.9 Å². The Morgan fingerprint density at radius 2 is 1.80 bits per heavy atom. The first-order valence-electron chi connectivity index (χ1n) is 10.0. The highest BCUT2D eigenvalue weighted by Gasteiger charge is 2.21. The number of nitrogens with zero attached hydrogens (tertiary/aromatic N) is 4. The molecule has 1 aliphatic heterocycles. The summed E-state index contributed by atoms with van der Waals surface area (Å²) in [6.07, 6.45) is 2.91. The van der Waals surface area contributed by atoms with E-state index in [2.05, 4.69) is 32.4 Å². The summed E-state index contributed by atoms with van der Waals surface area (Å²) in [7, 11) is 5.15. The van der Waals surface area contributed by atoms with Gasteiger partial charge in [0.1, 0.15) is 0 Å². The molecule has 0 spiro atoms. The molecule has 2 heterocycles. The van der Waals surface area contributed by atoms with E-state index < -0.39 is 0 Å². The van der Waals surface area contributed by atoms with Crippen molar-refractivity contribution in [3.63, 3.8) is 0 Å². The molecule has 0 bridgehead atoms. The first-order valence-corrected chi connectivity index (χ1v) is 10.0. The van der Waals surface area contributed by atoms with Crippen LogP contribution in [0.1, 0.15) is 16.8 Å². The van der Waals surface area contributed by atoms with E-state index in [0.717, 1.165) is 48.4 Å². The van der Waals surface area contributed by atoms with Crippen LogP contribution in [-0.2, 0) is 19.5 Å². The molecule has 0 unspecified atom stereocenters. The summed E-state index contributed by atoms with van der Waals surface area (Å²) in [4.78, 5) is 6.73. The zero-order valence-electron chi connectivity index (χ0n) is 17.6. The number of para-hydroxylation sites is 1. The Hall–Kier alpha value is -3.48. The molecule has 0 atom stereocenters. The standard InChI is InChI=1S/C23H27N5O2/c1-24-23(25-15-19-10-12-28(26-19)20-7-5-4-6-8-20)27-11-9-17-13-21(29-2)22(30-3)14-18(17)16-27/h4-8,10,12-14H,9,11,15-16H2,1-3H3,(H,24,25). The fourth-order valence-electron chi connectivity index (χ4n) is 3.75. The molecule has 0 fully saturated rings. The van der Waals surface area contributed by atoms with Crippen molar-refractivity contribution in [3.05, 3.63) is 71.5 Å². The Labute approximate surface area is 176 Å². The lowest BCUT2D eigenvalue weighted by Gasteiger charge is -2.32. The number of hydrogen-bond donors (Lipinski definition) is 1. The van der Waals surface area contributed by atoms with Gasteiger partial charge in [-0.25, -0.2) is 4.68 Å². The van der Waals surface area contributed by atoms with Gasteiger partial charge >= 0.3 is 0 Å². The average molecular weight is 406 g/mol. The number of hydrogen-bond acceptors (Lipinski definition) is 4. The molecule has 1 aliphatic rings. The Morgan fingerprint density at radius 1 is 1.07 bits per heavy atom. The van der Waals surface area contributed by atoms with Crippen molar-refractivity contribution < 1.29 is 9.47 Å². The van der Waals surface area contributed by atoms with Crippen molar-refractivity contribution in [3.8, 4) is 17.2 Å². The van der Waals surface area contributed by atoms with Crippen LogP contribution >= 0.6 is 0 Å². The normalized spacial score (nSPS) is 13.7. The van der Waals surface area contributed by atoms with Gasteiger partial charge in [0, 0.05) is 26.3 Å². The van der Waals surface area contributed by atoms with Crippen molar-refractivity contribution in [2.24, 2.45) is 4.99 Å². The highest BCUT2D eigenvalue weighted by molar-refractivity contribution is 5.80. The predicted molar refractivity (Wildman–Crippen MR) is 117 cm³/mol. The van der Waals surface area contributed by atoms with Gasteiger partial charge in [0.15, 0.2) is 17.5 Å². The van der Waals surface area contributed by atoms with Crippen LogP contribution in [0.15, 0.2) is 59.7 Å². The van der Waals surface area contributed by atoms with E-state index in [9.17, 15) is 0 Å². The average Bonchev–Trinajstić information content (AvgIpc) is 3.28. The minimum atomic E-state index is 0.613. The number of fused-ring (bicyclic) bond motifs is 1. The molecular weight excluding hydrogens is 378 g/mol. The van der Waals surface area contributed by atoms with Gasteiger partial charge in [0.25, 0.3) is 0 Å². The molecule has 0 saturated carbocycles.